The summed E-state index contributed by atoms with van der Waals surface area (Å²) in [7, 11) is 1.40. The maximum absolute atomic E-state index is 12.5. The van der Waals surface area contributed by atoms with Gasteiger partial charge in [-0.1, -0.05) is 11.6 Å². The van der Waals surface area contributed by atoms with Crippen molar-refractivity contribution < 1.29 is 23.9 Å². The average Bonchev–Trinajstić information content (AvgIpc) is 2.63. The molecule has 2 aromatic carbocycles. The number of ether oxygens (including phenoxy) is 3. The number of benzene rings is 2. The molecule has 0 saturated carbocycles. The van der Waals surface area contributed by atoms with Crippen LogP contribution in [0, 0.1) is 17.0 Å². The van der Waals surface area contributed by atoms with Crippen LogP contribution in [-0.4, -0.2) is 24.1 Å². The van der Waals surface area contributed by atoms with E-state index >= 15 is 0 Å². The summed E-state index contributed by atoms with van der Waals surface area (Å²) < 4.78 is 16.7. The van der Waals surface area contributed by atoms with E-state index in [0.29, 0.717) is 20.8 Å². The molecule has 0 aliphatic carbocycles. The lowest BCUT2D eigenvalue weighted by Crippen LogP contribution is -2.29. The maximum Gasteiger partial charge on any atom is 0.352 e. The Morgan fingerprint density at radius 1 is 1.29 bits per heavy atom. The highest BCUT2D eigenvalue weighted by atomic mass is 79.9. The molecule has 0 bridgehead atoms. The molecule has 0 spiro atoms. The highest BCUT2D eigenvalue weighted by molar-refractivity contribution is 9.10. The molecule has 0 aliphatic heterocycles. The van der Waals surface area contributed by atoms with Crippen LogP contribution in [0.3, 0.4) is 0 Å². The van der Waals surface area contributed by atoms with Gasteiger partial charge in [0.2, 0.25) is 6.20 Å². The van der Waals surface area contributed by atoms with Crippen molar-refractivity contribution >= 4 is 39.6 Å². The van der Waals surface area contributed by atoms with Crippen LogP contribution in [0.15, 0.2) is 41.0 Å². The van der Waals surface area contributed by atoms with Gasteiger partial charge in [0.15, 0.2) is 17.6 Å². The van der Waals surface area contributed by atoms with Crippen molar-refractivity contribution in [2.75, 3.05) is 7.11 Å². The van der Waals surface area contributed by atoms with E-state index in [2.05, 4.69) is 15.9 Å². The van der Waals surface area contributed by atoms with Crippen molar-refractivity contribution in [1.29, 1.82) is 0 Å². The minimum Gasteiger partial charge on any atom is -0.493 e. The summed E-state index contributed by atoms with van der Waals surface area (Å²) >= 11 is 9.21. The van der Waals surface area contributed by atoms with Gasteiger partial charge in [-0.05, 0) is 71.2 Å². The lowest BCUT2D eigenvalue weighted by molar-refractivity contribution is -0.400. The molecule has 0 saturated heterocycles. The van der Waals surface area contributed by atoms with E-state index in [4.69, 9.17) is 25.8 Å². The van der Waals surface area contributed by atoms with Gasteiger partial charge in [-0.15, -0.1) is 0 Å². The Hall–Kier alpha value is -2.58. The summed E-state index contributed by atoms with van der Waals surface area (Å²) in [4.78, 5) is 22.4. The number of hydrogen-bond donors (Lipinski definition) is 0. The van der Waals surface area contributed by atoms with Crippen molar-refractivity contribution in [3.63, 3.8) is 0 Å². The maximum atomic E-state index is 12.5. The van der Waals surface area contributed by atoms with Crippen LogP contribution in [-0.2, 0) is 4.79 Å². The third kappa shape index (κ3) is 5.71. The number of aryl methyl sites for hydroxylation is 1. The molecule has 2 aromatic rings. The number of carbonyl (C=O) groups excluding carboxylic acids is 1. The molecule has 1 unspecified atom stereocenters. The first-order chi connectivity index (χ1) is 13.2. The van der Waals surface area contributed by atoms with Crippen LogP contribution in [0.1, 0.15) is 18.1 Å². The van der Waals surface area contributed by atoms with Crippen molar-refractivity contribution in [3.05, 3.63) is 67.3 Å². The minimum absolute atomic E-state index is 0.147. The summed E-state index contributed by atoms with van der Waals surface area (Å²) in [6, 6.07) is 8.15. The Labute approximate surface area is 175 Å². The van der Waals surface area contributed by atoms with Crippen molar-refractivity contribution in [1.82, 2.24) is 0 Å². The number of nitro groups is 1. The molecule has 0 fully saturated rings. The molecule has 0 N–H and O–H groups in total. The number of carbonyl (C=O) groups is 1. The number of halogens is 2. The number of methoxy groups -OCH3 is 1. The second kappa shape index (κ2) is 9.57. The molecule has 9 heteroatoms. The van der Waals surface area contributed by atoms with Crippen LogP contribution in [0.2, 0.25) is 5.02 Å². The van der Waals surface area contributed by atoms with Gasteiger partial charge in [0, 0.05) is 11.1 Å². The summed E-state index contributed by atoms with van der Waals surface area (Å²) in [5.74, 6) is 0.261. The molecule has 0 amide bonds. The standard InChI is InChI=1S/C19H17BrClNO6/c1-11-8-14(21)4-5-16(11)27-12(2)19(23)28-18-15(20)9-13(6-7-22(24)25)10-17(18)26-3/h4-10,12H,1-3H3. The van der Waals surface area contributed by atoms with Gasteiger partial charge in [0.05, 0.1) is 16.5 Å². The summed E-state index contributed by atoms with van der Waals surface area (Å²) in [5.41, 5.74) is 1.29. The van der Waals surface area contributed by atoms with Gasteiger partial charge in [-0.2, -0.15) is 0 Å². The van der Waals surface area contributed by atoms with Gasteiger partial charge in [0.1, 0.15) is 5.75 Å². The monoisotopic (exact) mass is 469 g/mol. The lowest BCUT2D eigenvalue weighted by Gasteiger charge is -2.17. The van der Waals surface area contributed by atoms with Crippen molar-refractivity contribution in [2.45, 2.75) is 20.0 Å². The molecule has 7 nitrogen and oxygen atoms in total. The molecule has 1 atom stereocenters. The van der Waals surface area contributed by atoms with Crippen LogP contribution >= 0.6 is 27.5 Å². The predicted octanol–water partition coefficient (Wildman–Crippen LogP) is 5.04. The van der Waals surface area contributed by atoms with E-state index in [1.807, 2.05) is 6.92 Å². The first-order valence-electron chi connectivity index (χ1n) is 8.05. The van der Waals surface area contributed by atoms with E-state index in [9.17, 15) is 14.9 Å². The van der Waals surface area contributed by atoms with Crippen LogP contribution in [0.25, 0.3) is 6.08 Å². The fourth-order valence-corrected chi connectivity index (χ4v) is 3.02. The van der Waals surface area contributed by atoms with Gasteiger partial charge in [0.25, 0.3) is 0 Å². The highest BCUT2D eigenvalue weighted by Crippen LogP contribution is 2.37. The fourth-order valence-electron chi connectivity index (χ4n) is 2.25. The Bertz CT molecular complexity index is 931. The summed E-state index contributed by atoms with van der Waals surface area (Å²) in [5, 5.41) is 11.0. The lowest BCUT2D eigenvalue weighted by atomic mass is 10.2. The third-order valence-corrected chi connectivity index (χ3v) is 4.44. The molecule has 0 heterocycles. The zero-order valence-corrected chi connectivity index (χ0v) is 17.6. The third-order valence-electron chi connectivity index (χ3n) is 3.62. The SMILES string of the molecule is COc1cc(C=C[N+](=O)[O-])cc(Br)c1OC(=O)C(C)Oc1ccc(Cl)cc1C. The number of hydrogen-bond acceptors (Lipinski definition) is 6. The Morgan fingerprint density at radius 3 is 2.61 bits per heavy atom. The van der Waals surface area contributed by atoms with E-state index in [1.165, 1.54) is 19.3 Å². The number of esters is 1. The molecular formula is C19H17BrClNO6. The number of nitrogens with zero attached hydrogens (tertiary/aromatic N) is 1. The van der Waals surface area contributed by atoms with E-state index < -0.39 is 17.0 Å². The fraction of sp³-hybridized carbons (Fsp3) is 0.211. The highest BCUT2D eigenvalue weighted by Gasteiger charge is 2.22. The second-order valence-corrected chi connectivity index (χ2v) is 7.02. The molecule has 148 valence electrons. The minimum atomic E-state index is -0.898. The van der Waals surface area contributed by atoms with Gasteiger partial charge < -0.3 is 14.2 Å². The molecule has 0 radical (unpaired) electrons. The van der Waals surface area contributed by atoms with Crippen molar-refractivity contribution in [2.24, 2.45) is 0 Å². The largest absolute Gasteiger partial charge is 0.493 e. The van der Waals surface area contributed by atoms with Crippen LogP contribution in [0.5, 0.6) is 17.2 Å². The summed E-state index contributed by atoms with van der Waals surface area (Å²) in [6.07, 6.45) is 1.20. The van der Waals surface area contributed by atoms with Gasteiger partial charge in [-0.3, -0.25) is 10.1 Å². The molecule has 0 aliphatic rings. The average molecular weight is 471 g/mol. The van der Waals surface area contributed by atoms with Crippen LogP contribution in [0.4, 0.5) is 0 Å². The van der Waals surface area contributed by atoms with Gasteiger partial charge in [-0.25, -0.2) is 4.79 Å². The van der Waals surface area contributed by atoms with Gasteiger partial charge >= 0.3 is 5.97 Å². The van der Waals surface area contributed by atoms with Crippen LogP contribution < -0.4 is 14.2 Å². The zero-order chi connectivity index (χ0) is 20.8. The normalized spacial score (nSPS) is 11.9. The molecule has 2 rings (SSSR count). The Balaban J connectivity index is 2.19. The van der Waals surface area contributed by atoms with E-state index in [1.54, 1.807) is 31.2 Å². The van der Waals surface area contributed by atoms with E-state index in [0.717, 1.165) is 11.8 Å². The first-order valence-corrected chi connectivity index (χ1v) is 9.22. The zero-order valence-electron chi connectivity index (χ0n) is 15.3. The summed E-state index contributed by atoms with van der Waals surface area (Å²) in [6.45, 7) is 3.38. The van der Waals surface area contributed by atoms with E-state index in [-0.39, 0.29) is 11.5 Å². The second-order valence-electron chi connectivity index (χ2n) is 5.73. The molecule has 0 aromatic heterocycles. The predicted molar refractivity (Wildman–Crippen MR) is 109 cm³/mol. The molecular weight excluding hydrogens is 454 g/mol. The Morgan fingerprint density at radius 2 is 2.00 bits per heavy atom. The number of rotatable bonds is 7. The smallest absolute Gasteiger partial charge is 0.352 e. The first kappa shape index (κ1) is 21.7. The topological polar surface area (TPSA) is 87.9 Å². The quantitative estimate of drug-likeness (QED) is 0.244. The Kier molecular flexibility index (Phi) is 7.42. The van der Waals surface area contributed by atoms with Crippen molar-refractivity contribution in [3.8, 4) is 17.2 Å². The molecule has 28 heavy (non-hydrogen) atoms.